The van der Waals surface area contributed by atoms with Crippen LogP contribution < -0.4 is 5.32 Å². The molecule has 1 rings (SSSR count). The maximum absolute atomic E-state index is 11.6. The first kappa shape index (κ1) is 15.0. The van der Waals surface area contributed by atoms with Crippen molar-refractivity contribution in [1.82, 2.24) is 5.32 Å². The second-order valence-corrected chi connectivity index (χ2v) is 8.26. The Morgan fingerprint density at radius 1 is 1.47 bits per heavy atom. The van der Waals surface area contributed by atoms with Crippen molar-refractivity contribution >= 4 is 32.8 Å². The predicted octanol–water partition coefficient (Wildman–Crippen LogP) is 2.88. The normalized spacial score (nSPS) is 15.8. The van der Waals surface area contributed by atoms with Gasteiger partial charge in [0.2, 0.25) is 0 Å². The molecule has 17 heavy (non-hydrogen) atoms. The summed E-state index contributed by atoms with van der Waals surface area (Å²) in [5, 5.41) is 2.82. The number of sulfone groups is 1. The summed E-state index contributed by atoms with van der Waals surface area (Å²) in [7, 11) is -3.07. The van der Waals surface area contributed by atoms with Gasteiger partial charge in [0.1, 0.15) is 0 Å². The first-order valence-electron chi connectivity index (χ1n) is 5.53. The van der Waals surface area contributed by atoms with Crippen LogP contribution in [0, 0.1) is 0 Å². The Balaban J connectivity index is 2.95. The molecule has 0 aliphatic carbocycles. The van der Waals surface area contributed by atoms with Gasteiger partial charge in [0.15, 0.2) is 9.84 Å². The Morgan fingerprint density at radius 2 is 2.12 bits per heavy atom. The molecule has 1 heterocycles. The minimum Gasteiger partial charge on any atom is -0.308 e. The highest BCUT2D eigenvalue weighted by atomic mass is 35.5. The van der Waals surface area contributed by atoms with E-state index in [1.807, 2.05) is 6.07 Å². The molecule has 1 N–H and O–H groups in total. The van der Waals surface area contributed by atoms with E-state index >= 15 is 0 Å². The van der Waals surface area contributed by atoms with Crippen molar-refractivity contribution in [1.29, 1.82) is 0 Å². The fraction of sp³-hybridized carbons (Fsp3) is 0.636. The molecule has 2 unspecified atom stereocenters. The smallest absolute Gasteiger partial charge is 0.151 e. The van der Waals surface area contributed by atoms with Gasteiger partial charge in [-0.05, 0) is 32.0 Å². The van der Waals surface area contributed by atoms with Crippen molar-refractivity contribution < 1.29 is 8.42 Å². The quantitative estimate of drug-likeness (QED) is 0.878. The van der Waals surface area contributed by atoms with Crippen LogP contribution in [0.1, 0.15) is 31.2 Å². The van der Waals surface area contributed by atoms with E-state index in [0.29, 0.717) is 4.34 Å². The van der Waals surface area contributed by atoms with E-state index in [9.17, 15) is 8.42 Å². The standard InChI is InChI=1S/C11H18ClNO2S2/c1-4-7-13-11(8(2)17(3,14)15)9-5-6-10(12)16-9/h5-6,8,11,13H,4,7H2,1-3H3. The third-order valence-electron chi connectivity index (χ3n) is 2.66. The summed E-state index contributed by atoms with van der Waals surface area (Å²) < 4.78 is 24.0. The molecule has 98 valence electrons. The highest BCUT2D eigenvalue weighted by Gasteiger charge is 2.27. The lowest BCUT2D eigenvalue weighted by molar-refractivity contribution is 0.506. The van der Waals surface area contributed by atoms with Crippen molar-refractivity contribution in [3.8, 4) is 0 Å². The number of halogens is 1. The van der Waals surface area contributed by atoms with Gasteiger partial charge in [0.25, 0.3) is 0 Å². The molecule has 0 spiro atoms. The lowest BCUT2D eigenvalue weighted by Crippen LogP contribution is -2.34. The summed E-state index contributed by atoms with van der Waals surface area (Å²) in [6, 6.07) is 3.52. The Kier molecular flexibility index (Phi) is 5.44. The lowest BCUT2D eigenvalue weighted by Gasteiger charge is -2.22. The van der Waals surface area contributed by atoms with E-state index in [-0.39, 0.29) is 6.04 Å². The molecule has 0 bridgehead atoms. The third-order valence-corrected chi connectivity index (χ3v) is 5.60. The molecule has 0 saturated carbocycles. The molecule has 1 aromatic rings. The minimum atomic E-state index is -3.07. The van der Waals surface area contributed by atoms with Gasteiger partial charge >= 0.3 is 0 Å². The molecule has 0 aromatic carbocycles. The highest BCUT2D eigenvalue weighted by Crippen LogP contribution is 2.30. The number of nitrogens with one attached hydrogen (secondary N) is 1. The number of rotatable bonds is 6. The van der Waals surface area contributed by atoms with E-state index in [2.05, 4.69) is 12.2 Å². The second kappa shape index (κ2) is 6.18. The number of thiophene rings is 1. The van der Waals surface area contributed by atoms with Gasteiger partial charge in [-0.3, -0.25) is 0 Å². The molecule has 2 atom stereocenters. The molecular weight excluding hydrogens is 278 g/mol. The van der Waals surface area contributed by atoms with Gasteiger partial charge in [-0.2, -0.15) is 0 Å². The first-order valence-corrected chi connectivity index (χ1v) is 8.68. The van der Waals surface area contributed by atoms with Crippen molar-refractivity contribution in [3.63, 3.8) is 0 Å². The summed E-state index contributed by atoms with van der Waals surface area (Å²) >= 11 is 7.33. The Labute approximate surface area is 112 Å². The highest BCUT2D eigenvalue weighted by molar-refractivity contribution is 7.91. The molecule has 1 aromatic heterocycles. The topological polar surface area (TPSA) is 46.2 Å². The lowest BCUT2D eigenvalue weighted by atomic mass is 10.2. The van der Waals surface area contributed by atoms with E-state index < -0.39 is 15.1 Å². The SMILES string of the molecule is CCCNC(c1ccc(Cl)s1)C(C)S(C)(=O)=O. The average molecular weight is 296 g/mol. The van der Waals surface area contributed by atoms with Crippen molar-refractivity contribution in [2.75, 3.05) is 12.8 Å². The molecule has 0 fully saturated rings. The van der Waals surface area contributed by atoms with Crippen molar-refractivity contribution in [3.05, 3.63) is 21.3 Å². The van der Waals surface area contributed by atoms with Gasteiger partial charge < -0.3 is 5.32 Å². The van der Waals surface area contributed by atoms with Crippen molar-refractivity contribution in [2.45, 2.75) is 31.6 Å². The van der Waals surface area contributed by atoms with Gasteiger partial charge in [-0.1, -0.05) is 18.5 Å². The summed E-state index contributed by atoms with van der Waals surface area (Å²) in [5.41, 5.74) is 0. The molecule has 3 nitrogen and oxygen atoms in total. The summed E-state index contributed by atoms with van der Waals surface area (Å²) in [6.45, 7) is 4.58. The van der Waals surface area contributed by atoms with Crippen molar-refractivity contribution in [2.24, 2.45) is 0 Å². The summed E-state index contributed by atoms with van der Waals surface area (Å²) in [6.07, 6.45) is 2.24. The minimum absolute atomic E-state index is 0.178. The van der Waals surface area contributed by atoms with Crippen LogP contribution in [0.4, 0.5) is 0 Å². The maximum atomic E-state index is 11.6. The Bertz CT molecular complexity index is 456. The van der Waals surface area contributed by atoms with E-state index in [4.69, 9.17) is 11.6 Å². The van der Waals surface area contributed by atoms with Gasteiger partial charge in [-0.25, -0.2) is 8.42 Å². The monoisotopic (exact) mass is 295 g/mol. The molecule has 6 heteroatoms. The van der Waals surface area contributed by atoms with Crippen LogP contribution in [-0.4, -0.2) is 26.5 Å². The maximum Gasteiger partial charge on any atom is 0.151 e. The largest absolute Gasteiger partial charge is 0.308 e. The van der Waals surface area contributed by atoms with Crippen LogP contribution in [0.15, 0.2) is 12.1 Å². The number of hydrogen-bond acceptors (Lipinski definition) is 4. The van der Waals surface area contributed by atoms with Crippen LogP contribution >= 0.6 is 22.9 Å². The fourth-order valence-corrected chi connectivity index (χ4v) is 3.61. The van der Waals surface area contributed by atoms with E-state index in [0.717, 1.165) is 17.8 Å². The number of hydrogen-bond donors (Lipinski definition) is 1. The zero-order valence-corrected chi connectivity index (χ0v) is 12.6. The molecule has 0 radical (unpaired) electrons. The predicted molar refractivity (Wildman–Crippen MR) is 74.7 cm³/mol. The van der Waals surface area contributed by atoms with Gasteiger partial charge in [0.05, 0.1) is 15.6 Å². The Morgan fingerprint density at radius 3 is 2.53 bits per heavy atom. The zero-order chi connectivity index (χ0) is 13.1. The van der Waals surface area contributed by atoms with Crippen LogP contribution in [0.2, 0.25) is 4.34 Å². The van der Waals surface area contributed by atoms with E-state index in [1.54, 1.807) is 13.0 Å². The van der Waals surface area contributed by atoms with Crippen LogP contribution in [0.25, 0.3) is 0 Å². The Hall–Kier alpha value is -0.100. The molecule has 0 aliphatic heterocycles. The van der Waals surface area contributed by atoms with E-state index in [1.165, 1.54) is 17.6 Å². The second-order valence-electron chi connectivity index (χ2n) is 4.11. The molecule has 0 amide bonds. The summed E-state index contributed by atoms with van der Waals surface area (Å²) in [4.78, 5) is 0.973. The van der Waals surface area contributed by atoms with Crippen LogP contribution in [0.5, 0.6) is 0 Å². The molecule has 0 saturated heterocycles. The molecule has 0 aliphatic rings. The van der Waals surface area contributed by atoms with Gasteiger partial charge in [0, 0.05) is 11.1 Å². The third kappa shape index (κ3) is 4.25. The van der Waals surface area contributed by atoms with Crippen LogP contribution in [0.3, 0.4) is 0 Å². The average Bonchev–Trinajstić information content (AvgIpc) is 2.64. The molecular formula is C11H18ClNO2S2. The first-order chi connectivity index (χ1) is 7.86. The van der Waals surface area contributed by atoms with Gasteiger partial charge in [-0.15, -0.1) is 11.3 Å². The fourth-order valence-electron chi connectivity index (χ4n) is 1.54. The zero-order valence-electron chi connectivity index (χ0n) is 10.2. The summed E-state index contributed by atoms with van der Waals surface area (Å²) in [5.74, 6) is 0. The van der Waals surface area contributed by atoms with Crippen LogP contribution in [-0.2, 0) is 9.84 Å².